The van der Waals surface area contributed by atoms with Gasteiger partial charge in [-0.3, -0.25) is 0 Å². The molecule has 0 bridgehead atoms. The molecule has 0 saturated carbocycles. The minimum absolute atomic E-state index is 0.0189. The van der Waals surface area contributed by atoms with Crippen LogP contribution in [0.2, 0.25) is 0 Å². The van der Waals surface area contributed by atoms with Crippen molar-refractivity contribution in [3.8, 4) is 5.75 Å². The lowest BCUT2D eigenvalue weighted by molar-refractivity contribution is 0.130. The normalized spacial score (nSPS) is 12.9. The molecule has 0 aliphatic carbocycles. The minimum Gasteiger partial charge on any atom is -0.488 e. The predicted octanol–water partition coefficient (Wildman–Crippen LogP) is 5.61. The van der Waals surface area contributed by atoms with Crippen LogP contribution >= 0.6 is 0 Å². The van der Waals surface area contributed by atoms with Gasteiger partial charge < -0.3 is 4.74 Å². The Morgan fingerprint density at radius 3 is 1.69 bits per heavy atom. The van der Waals surface area contributed by atoms with Crippen LogP contribution in [-0.4, -0.2) is 14.0 Å². The maximum atomic E-state index is 13.1. The molecule has 2 rings (SSSR count). The van der Waals surface area contributed by atoms with Crippen LogP contribution in [0.1, 0.15) is 58.2 Å². The molecule has 0 heterocycles. The van der Waals surface area contributed by atoms with Crippen LogP contribution in [0.25, 0.3) is 0 Å². The molecule has 0 aliphatic heterocycles. The molecule has 0 amide bonds. The Hall–Kier alpha value is -1.81. The standard InChI is InChI=1S/C22H30O3S/c1-15-13-17(9-11-19(15)21(3,4)5)26(23,24)18-10-12-20(16(2)14-18)25-22(6,7)8/h9-14H,1-8H3. The maximum Gasteiger partial charge on any atom is 0.206 e. The number of ether oxygens (including phenoxy) is 1. The number of rotatable bonds is 3. The number of sulfone groups is 1. The zero-order valence-electron chi connectivity index (χ0n) is 17.1. The molecule has 0 aliphatic rings. The molecule has 0 radical (unpaired) electrons. The van der Waals surface area contributed by atoms with Gasteiger partial charge in [-0.25, -0.2) is 8.42 Å². The topological polar surface area (TPSA) is 43.4 Å². The molecule has 142 valence electrons. The van der Waals surface area contributed by atoms with Gasteiger partial charge in [-0.15, -0.1) is 0 Å². The summed E-state index contributed by atoms with van der Waals surface area (Å²) in [4.78, 5) is 0.617. The Morgan fingerprint density at radius 2 is 1.27 bits per heavy atom. The molecule has 0 spiro atoms. The van der Waals surface area contributed by atoms with E-state index < -0.39 is 9.84 Å². The molecule has 26 heavy (non-hydrogen) atoms. The highest BCUT2D eigenvalue weighted by Gasteiger charge is 2.23. The van der Waals surface area contributed by atoms with E-state index >= 15 is 0 Å². The van der Waals surface area contributed by atoms with E-state index in [4.69, 9.17) is 4.74 Å². The highest BCUT2D eigenvalue weighted by Crippen LogP contribution is 2.31. The first kappa shape index (κ1) is 20.5. The fraction of sp³-hybridized carbons (Fsp3) is 0.455. The van der Waals surface area contributed by atoms with E-state index in [1.807, 2.05) is 40.7 Å². The lowest BCUT2D eigenvalue weighted by Crippen LogP contribution is -2.23. The van der Waals surface area contributed by atoms with E-state index in [0.717, 1.165) is 16.7 Å². The van der Waals surface area contributed by atoms with E-state index in [0.29, 0.717) is 15.5 Å². The van der Waals surface area contributed by atoms with Crippen molar-refractivity contribution in [2.24, 2.45) is 0 Å². The maximum absolute atomic E-state index is 13.1. The fourth-order valence-corrected chi connectivity index (χ4v) is 4.44. The number of aryl methyl sites for hydroxylation is 2. The lowest BCUT2D eigenvalue weighted by Gasteiger charge is -2.23. The van der Waals surface area contributed by atoms with Crippen molar-refractivity contribution in [1.29, 1.82) is 0 Å². The van der Waals surface area contributed by atoms with Crippen LogP contribution in [0.3, 0.4) is 0 Å². The molecular formula is C22H30O3S. The molecule has 2 aromatic carbocycles. The van der Waals surface area contributed by atoms with Gasteiger partial charge in [0.25, 0.3) is 0 Å². The third-order valence-electron chi connectivity index (χ3n) is 4.19. The number of hydrogen-bond donors (Lipinski definition) is 0. The molecule has 0 saturated heterocycles. The summed E-state index contributed by atoms with van der Waals surface area (Å²) >= 11 is 0. The Bertz CT molecular complexity index is 911. The summed E-state index contributed by atoms with van der Waals surface area (Å²) in [6.07, 6.45) is 0. The van der Waals surface area contributed by atoms with Crippen molar-refractivity contribution < 1.29 is 13.2 Å². The van der Waals surface area contributed by atoms with E-state index in [9.17, 15) is 8.42 Å². The first-order chi connectivity index (χ1) is 11.7. The Kier molecular flexibility index (Phi) is 5.31. The van der Waals surface area contributed by atoms with Crippen LogP contribution in [0, 0.1) is 13.8 Å². The van der Waals surface area contributed by atoms with Crippen LogP contribution in [-0.2, 0) is 15.3 Å². The van der Waals surface area contributed by atoms with Crippen LogP contribution in [0.15, 0.2) is 46.2 Å². The fourth-order valence-electron chi connectivity index (χ4n) is 3.01. The van der Waals surface area contributed by atoms with E-state index in [2.05, 4.69) is 20.8 Å². The van der Waals surface area contributed by atoms with Crippen molar-refractivity contribution >= 4 is 9.84 Å². The van der Waals surface area contributed by atoms with Crippen molar-refractivity contribution in [2.75, 3.05) is 0 Å². The summed E-state index contributed by atoms with van der Waals surface area (Å²) in [5, 5.41) is 0. The van der Waals surface area contributed by atoms with Gasteiger partial charge in [0.15, 0.2) is 0 Å². The van der Waals surface area contributed by atoms with Gasteiger partial charge in [0.05, 0.1) is 9.79 Å². The molecule has 0 aromatic heterocycles. The summed E-state index contributed by atoms with van der Waals surface area (Å²) in [6.45, 7) is 16.1. The Morgan fingerprint density at radius 1 is 0.769 bits per heavy atom. The van der Waals surface area contributed by atoms with Gasteiger partial charge in [0, 0.05) is 0 Å². The Labute approximate surface area is 158 Å². The van der Waals surface area contributed by atoms with Crippen molar-refractivity contribution in [3.05, 3.63) is 53.1 Å². The third-order valence-corrected chi connectivity index (χ3v) is 5.94. The first-order valence-electron chi connectivity index (χ1n) is 8.88. The zero-order valence-corrected chi connectivity index (χ0v) is 17.9. The van der Waals surface area contributed by atoms with Crippen LogP contribution < -0.4 is 4.74 Å². The smallest absolute Gasteiger partial charge is 0.206 e. The van der Waals surface area contributed by atoms with Crippen molar-refractivity contribution in [1.82, 2.24) is 0 Å². The average Bonchev–Trinajstić information content (AvgIpc) is 2.46. The summed E-state index contributed by atoms with van der Waals surface area (Å²) in [5.74, 6) is 0.704. The highest BCUT2D eigenvalue weighted by atomic mass is 32.2. The third kappa shape index (κ3) is 4.47. The van der Waals surface area contributed by atoms with E-state index in [1.165, 1.54) is 0 Å². The largest absolute Gasteiger partial charge is 0.488 e. The molecule has 3 nitrogen and oxygen atoms in total. The van der Waals surface area contributed by atoms with Gasteiger partial charge in [-0.2, -0.15) is 0 Å². The van der Waals surface area contributed by atoms with Crippen LogP contribution in [0.5, 0.6) is 5.75 Å². The molecule has 0 atom stereocenters. The molecule has 0 fully saturated rings. The van der Waals surface area contributed by atoms with Crippen LogP contribution in [0.4, 0.5) is 0 Å². The van der Waals surface area contributed by atoms with Gasteiger partial charge in [-0.05, 0) is 87.1 Å². The number of benzene rings is 2. The quantitative estimate of drug-likeness (QED) is 0.701. The summed E-state index contributed by atoms with van der Waals surface area (Å²) in [7, 11) is -3.56. The lowest BCUT2D eigenvalue weighted by atomic mass is 9.84. The molecule has 4 heteroatoms. The van der Waals surface area contributed by atoms with E-state index in [-0.39, 0.29) is 11.0 Å². The summed E-state index contributed by atoms with van der Waals surface area (Å²) in [5.41, 5.74) is 2.61. The second kappa shape index (κ2) is 6.73. The SMILES string of the molecule is Cc1cc(S(=O)(=O)c2ccc(C(C)(C)C)c(C)c2)ccc1OC(C)(C)C. The average molecular weight is 375 g/mol. The zero-order chi connectivity index (χ0) is 19.9. The van der Waals surface area contributed by atoms with Gasteiger partial charge in [0.2, 0.25) is 9.84 Å². The second-order valence-electron chi connectivity index (χ2n) is 8.87. The second-order valence-corrected chi connectivity index (χ2v) is 10.8. The Balaban J connectivity index is 2.45. The first-order valence-corrected chi connectivity index (χ1v) is 10.4. The van der Waals surface area contributed by atoms with Gasteiger partial charge in [-0.1, -0.05) is 26.8 Å². The molecular weight excluding hydrogens is 344 g/mol. The van der Waals surface area contributed by atoms with E-state index in [1.54, 1.807) is 30.3 Å². The predicted molar refractivity (Wildman–Crippen MR) is 107 cm³/mol. The molecule has 0 unspecified atom stereocenters. The van der Waals surface area contributed by atoms with Crippen molar-refractivity contribution in [3.63, 3.8) is 0 Å². The van der Waals surface area contributed by atoms with Gasteiger partial charge in [0.1, 0.15) is 11.4 Å². The summed E-state index contributed by atoms with van der Waals surface area (Å²) < 4.78 is 32.0. The molecule has 0 N–H and O–H groups in total. The summed E-state index contributed by atoms with van der Waals surface area (Å²) in [6, 6.07) is 10.4. The highest BCUT2D eigenvalue weighted by molar-refractivity contribution is 7.91. The van der Waals surface area contributed by atoms with Crippen molar-refractivity contribution in [2.45, 2.75) is 76.2 Å². The van der Waals surface area contributed by atoms with Gasteiger partial charge >= 0.3 is 0 Å². The number of hydrogen-bond acceptors (Lipinski definition) is 3. The molecule has 2 aromatic rings. The minimum atomic E-state index is -3.56. The monoisotopic (exact) mass is 374 g/mol.